The summed E-state index contributed by atoms with van der Waals surface area (Å²) in [5, 5.41) is 17.7. The first-order valence-electron chi connectivity index (χ1n) is 6.36. The molecule has 0 saturated carbocycles. The van der Waals surface area contributed by atoms with Crippen LogP contribution in [0, 0.1) is 11.3 Å². The molecule has 0 saturated heterocycles. The zero-order valence-corrected chi connectivity index (χ0v) is 12.0. The number of para-hydroxylation sites is 1. The molecule has 0 spiro atoms. The van der Waals surface area contributed by atoms with Gasteiger partial charge in [0.2, 0.25) is 0 Å². The van der Waals surface area contributed by atoms with Crippen LogP contribution in [0.4, 0.5) is 0 Å². The van der Waals surface area contributed by atoms with E-state index in [2.05, 4.69) is 21.3 Å². The topological polar surface area (TPSA) is 87.4 Å². The zero-order valence-electron chi connectivity index (χ0n) is 11.2. The molecule has 0 atom stereocenters. The molecule has 7 heteroatoms. The number of nitriles is 1. The summed E-state index contributed by atoms with van der Waals surface area (Å²) in [5.41, 5.74) is 1.06. The van der Waals surface area contributed by atoms with E-state index in [4.69, 9.17) is 0 Å². The largest absolute Gasteiger partial charge is 0.343 e. The Morgan fingerprint density at radius 1 is 1.43 bits per heavy atom. The van der Waals surface area contributed by atoms with Gasteiger partial charge in [0.25, 0.3) is 0 Å². The highest BCUT2D eigenvalue weighted by Gasteiger charge is 2.11. The van der Waals surface area contributed by atoms with Gasteiger partial charge >= 0.3 is 5.69 Å². The van der Waals surface area contributed by atoms with Gasteiger partial charge in [-0.3, -0.25) is 4.57 Å². The monoisotopic (exact) mass is 297 g/mol. The lowest BCUT2D eigenvalue weighted by Gasteiger charge is -2.05. The summed E-state index contributed by atoms with van der Waals surface area (Å²) in [6.45, 7) is 2.39. The Morgan fingerprint density at radius 3 is 3.00 bits per heavy atom. The Hall–Kier alpha value is -2.59. The van der Waals surface area contributed by atoms with Gasteiger partial charge in [0, 0.05) is 11.9 Å². The van der Waals surface area contributed by atoms with Crippen LogP contribution in [0.15, 0.2) is 45.3 Å². The van der Waals surface area contributed by atoms with Crippen molar-refractivity contribution in [1.29, 1.82) is 5.26 Å². The van der Waals surface area contributed by atoms with Gasteiger partial charge in [-0.25, -0.2) is 14.9 Å². The van der Waals surface area contributed by atoms with Crippen molar-refractivity contribution < 1.29 is 0 Å². The average molecular weight is 297 g/mol. The lowest BCUT2D eigenvalue weighted by Crippen LogP contribution is -2.16. The smallest absolute Gasteiger partial charge is 0.270 e. The van der Waals surface area contributed by atoms with Gasteiger partial charge in [-0.05, 0) is 30.8 Å². The minimum Gasteiger partial charge on any atom is -0.270 e. The Morgan fingerprint density at radius 2 is 2.24 bits per heavy atom. The molecule has 21 heavy (non-hydrogen) atoms. The number of rotatable bonds is 3. The molecule has 3 aromatic rings. The van der Waals surface area contributed by atoms with Crippen molar-refractivity contribution in [1.82, 2.24) is 19.7 Å². The molecule has 0 amide bonds. The molecule has 1 N–H and O–H groups in total. The summed E-state index contributed by atoms with van der Waals surface area (Å²) in [4.78, 5) is 16.1. The van der Waals surface area contributed by atoms with E-state index in [1.54, 1.807) is 6.07 Å². The minimum absolute atomic E-state index is 0.249. The van der Waals surface area contributed by atoms with Crippen molar-refractivity contribution >= 4 is 22.7 Å². The Bertz CT molecular complexity index is 906. The third-order valence-corrected chi connectivity index (χ3v) is 3.96. The average Bonchev–Trinajstić information content (AvgIpc) is 2.86. The van der Waals surface area contributed by atoms with Gasteiger partial charge in [-0.15, -0.1) is 5.10 Å². The van der Waals surface area contributed by atoms with E-state index in [0.29, 0.717) is 22.3 Å². The summed E-state index contributed by atoms with van der Waals surface area (Å²) in [6, 6.07) is 11.4. The highest BCUT2D eigenvalue weighted by Crippen LogP contribution is 2.27. The summed E-state index contributed by atoms with van der Waals surface area (Å²) >= 11 is 1.26. The highest BCUT2D eigenvalue weighted by atomic mass is 32.2. The third-order valence-electron chi connectivity index (χ3n) is 3.05. The van der Waals surface area contributed by atoms with Crippen LogP contribution >= 0.6 is 11.8 Å². The fraction of sp³-hybridized carbons (Fsp3) is 0.143. The molecule has 2 heterocycles. The Kier molecular flexibility index (Phi) is 3.46. The molecule has 2 aromatic heterocycles. The molecule has 0 bridgehead atoms. The molecule has 0 radical (unpaired) electrons. The fourth-order valence-electron chi connectivity index (χ4n) is 2.05. The van der Waals surface area contributed by atoms with E-state index in [-0.39, 0.29) is 5.69 Å². The van der Waals surface area contributed by atoms with E-state index < -0.39 is 0 Å². The minimum atomic E-state index is -0.249. The maximum absolute atomic E-state index is 11.6. The number of hydrogen-bond acceptors (Lipinski definition) is 5. The van der Waals surface area contributed by atoms with Gasteiger partial charge in [-0.1, -0.05) is 18.2 Å². The lowest BCUT2D eigenvalue weighted by atomic mass is 10.1. The summed E-state index contributed by atoms with van der Waals surface area (Å²) in [6.07, 6.45) is 0. The predicted octanol–water partition coefficient (Wildman–Crippen LogP) is 2.16. The quantitative estimate of drug-likeness (QED) is 0.800. The second-order valence-electron chi connectivity index (χ2n) is 4.29. The molecule has 0 unspecified atom stereocenters. The van der Waals surface area contributed by atoms with E-state index in [1.807, 2.05) is 31.2 Å². The number of hydrogen-bond donors (Lipinski definition) is 1. The van der Waals surface area contributed by atoms with Gasteiger partial charge < -0.3 is 0 Å². The Balaban J connectivity index is 2.09. The van der Waals surface area contributed by atoms with Crippen LogP contribution < -0.4 is 5.69 Å². The van der Waals surface area contributed by atoms with Crippen molar-refractivity contribution in [3.05, 3.63) is 46.4 Å². The van der Waals surface area contributed by atoms with E-state index in [9.17, 15) is 10.1 Å². The standard InChI is InChI=1S/C14H11N5OS/c1-2-19-13(20)17-18-14(19)21-12-7-9(8-15)10-5-3-4-6-11(10)16-12/h3-7H,2H2,1H3,(H,17,20). The summed E-state index contributed by atoms with van der Waals surface area (Å²) in [5.74, 6) is 0. The van der Waals surface area contributed by atoms with Crippen LogP contribution in [0.2, 0.25) is 0 Å². The second-order valence-corrected chi connectivity index (χ2v) is 5.28. The van der Waals surface area contributed by atoms with Crippen LogP contribution in [0.1, 0.15) is 12.5 Å². The second kappa shape index (κ2) is 5.42. The van der Waals surface area contributed by atoms with Gasteiger partial charge in [0.15, 0.2) is 5.16 Å². The number of aromatic nitrogens is 4. The first-order chi connectivity index (χ1) is 10.2. The number of aromatic amines is 1. The molecule has 0 aliphatic carbocycles. The van der Waals surface area contributed by atoms with Gasteiger partial charge in [0.05, 0.1) is 17.1 Å². The number of nitrogens with zero attached hydrogens (tertiary/aromatic N) is 4. The van der Waals surface area contributed by atoms with Gasteiger partial charge in [0.1, 0.15) is 5.03 Å². The van der Waals surface area contributed by atoms with Crippen molar-refractivity contribution in [2.24, 2.45) is 0 Å². The zero-order chi connectivity index (χ0) is 14.8. The maximum Gasteiger partial charge on any atom is 0.343 e. The molecule has 0 fully saturated rings. The van der Waals surface area contributed by atoms with Crippen molar-refractivity contribution in [2.45, 2.75) is 23.7 Å². The van der Waals surface area contributed by atoms with Crippen molar-refractivity contribution in [2.75, 3.05) is 0 Å². The number of nitrogens with one attached hydrogen (secondary N) is 1. The molecule has 104 valence electrons. The Labute approximate surface area is 124 Å². The van der Waals surface area contributed by atoms with E-state index in [0.717, 1.165) is 10.9 Å². The molecule has 3 rings (SSSR count). The van der Waals surface area contributed by atoms with Crippen LogP contribution in [0.5, 0.6) is 0 Å². The molecular formula is C14H11N5OS. The third kappa shape index (κ3) is 2.41. The van der Waals surface area contributed by atoms with Crippen molar-refractivity contribution in [3.8, 4) is 6.07 Å². The highest BCUT2D eigenvalue weighted by molar-refractivity contribution is 7.99. The van der Waals surface area contributed by atoms with Crippen LogP contribution in [0.3, 0.4) is 0 Å². The van der Waals surface area contributed by atoms with Crippen LogP contribution in [0.25, 0.3) is 10.9 Å². The number of H-pyrrole nitrogens is 1. The number of pyridine rings is 1. The SMILES string of the molecule is CCn1c(Sc2cc(C#N)c3ccccc3n2)n[nH]c1=O. The van der Waals surface area contributed by atoms with Gasteiger partial charge in [-0.2, -0.15) is 5.26 Å². The first-order valence-corrected chi connectivity index (χ1v) is 7.17. The molecule has 0 aliphatic rings. The normalized spacial score (nSPS) is 10.7. The molecule has 6 nitrogen and oxygen atoms in total. The van der Waals surface area contributed by atoms with E-state index >= 15 is 0 Å². The van der Waals surface area contributed by atoms with Crippen LogP contribution in [-0.2, 0) is 6.54 Å². The molecule has 1 aromatic carbocycles. The fourth-order valence-corrected chi connectivity index (χ4v) is 2.97. The summed E-state index contributed by atoms with van der Waals surface area (Å²) in [7, 11) is 0. The number of benzene rings is 1. The molecule has 0 aliphatic heterocycles. The summed E-state index contributed by atoms with van der Waals surface area (Å²) < 4.78 is 1.52. The predicted molar refractivity (Wildman–Crippen MR) is 79.1 cm³/mol. The lowest BCUT2D eigenvalue weighted by molar-refractivity contribution is 0.660. The van der Waals surface area contributed by atoms with Crippen LogP contribution in [-0.4, -0.2) is 19.7 Å². The first kappa shape index (κ1) is 13.4. The number of fused-ring (bicyclic) bond motifs is 1. The maximum atomic E-state index is 11.6. The van der Waals surface area contributed by atoms with Crippen molar-refractivity contribution in [3.63, 3.8) is 0 Å². The molecular weight excluding hydrogens is 286 g/mol. The van der Waals surface area contributed by atoms with E-state index in [1.165, 1.54) is 16.3 Å².